The molecule has 3 aromatic carbocycles. The molecule has 1 aromatic heterocycles. The molecule has 4 aromatic rings. The molecular formula is C29H30ClFN2O4S. The van der Waals surface area contributed by atoms with Crippen molar-refractivity contribution in [3.05, 3.63) is 100.0 Å². The molecule has 0 spiro atoms. The van der Waals surface area contributed by atoms with Crippen LogP contribution in [0.5, 0.6) is 0 Å². The molecule has 1 heterocycles. The van der Waals surface area contributed by atoms with Crippen LogP contribution in [0.1, 0.15) is 43.0 Å². The second-order valence-corrected chi connectivity index (χ2v) is 12.6. The molecule has 0 N–H and O–H groups in total. The normalized spacial score (nSPS) is 12.1. The number of carbonyl (C=O) groups excluding carboxylic acids is 1. The van der Waals surface area contributed by atoms with Crippen LogP contribution in [0.25, 0.3) is 10.9 Å². The zero-order chi connectivity index (χ0) is 27.8. The van der Waals surface area contributed by atoms with Gasteiger partial charge < -0.3 is 9.64 Å². The van der Waals surface area contributed by atoms with Crippen molar-refractivity contribution in [2.75, 3.05) is 7.05 Å². The van der Waals surface area contributed by atoms with E-state index < -0.39 is 27.5 Å². The molecule has 200 valence electrons. The second kappa shape index (κ2) is 10.4. The number of fused-ring (bicyclic) bond motifs is 1. The number of benzene rings is 3. The van der Waals surface area contributed by atoms with Gasteiger partial charge in [0.15, 0.2) is 0 Å². The molecule has 0 bridgehead atoms. The molecule has 0 aliphatic heterocycles. The summed E-state index contributed by atoms with van der Waals surface area (Å²) in [5.41, 5.74) is 3.15. The zero-order valence-electron chi connectivity index (χ0n) is 22.0. The molecule has 0 unspecified atom stereocenters. The van der Waals surface area contributed by atoms with E-state index in [9.17, 15) is 17.6 Å². The molecule has 9 heteroatoms. The monoisotopic (exact) mass is 556 g/mol. The van der Waals surface area contributed by atoms with Gasteiger partial charge in [-0.05, 0) is 86.7 Å². The lowest BCUT2D eigenvalue weighted by Gasteiger charge is -2.24. The highest BCUT2D eigenvalue weighted by atomic mass is 35.5. The lowest BCUT2D eigenvalue weighted by atomic mass is 10.0. The highest BCUT2D eigenvalue weighted by Crippen LogP contribution is 2.30. The molecule has 6 nitrogen and oxygen atoms in total. The molecule has 1 amide bonds. The first-order valence-electron chi connectivity index (χ1n) is 12.1. The van der Waals surface area contributed by atoms with Crippen LogP contribution in [0, 0.1) is 12.7 Å². The first-order valence-corrected chi connectivity index (χ1v) is 13.9. The topological polar surface area (TPSA) is 68.6 Å². The van der Waals surface area contributed by atoms with Gasteiger partial charge in [0.25, 0.3) is 10.0 Å². The average molecular weight is 557 g/mol. The summed E-state index contributed by atoms with van der Waals surface area (Å²) >= 11 is 6.45. The summed E-state index contributed by atoms with van der Waals surface area (Å²) in [6.07, 6.45) is 1.44. The van der Waals surface area contributed by atoms with Gasteiger partial charge in [-0.15, -0.1) is 0 Å². The van der Waals surface area contributed by atoms with Crippen molar-refractivity contribution in [2.24, 2.45) is 0 Å². The number of rotatable bonds is 6. The fourth-order valence-electron chi connectivity index (χ4n) is 4.16. The van der Waals surface area contributed by atoms with Crippen LogP contribution < -0.4 is 0 Å². The minimum atomic E-state index is -4.14. The minimum Gasteiger partial charge on any atom is -0.444 e. The van der Waals surface area contributed by atoms with E-state index in [4.69, 9.17) is 16.3 Å². The van der Waals surface area contributed by atoms with Gasteiger partial charge in [-0.3, -0.25) is 0 Å². The summed E-state index contributed by atoms with van der Waals surface area (Å²) in [5.74, 6) is -0.651. The maximum atomic E-state index is 14.0. The molecule has 0 aliphatic carbocycles. The third-order valence-corrected chi connectivity index (χ3v) is 8.01. The van der Waals surface area contributed by atoms with E-state index in [-0.39, 0.29) is 11.4 Å². The van der Waals surface area contributed by atoms with E-state index in [2.05, 4.69) is 0 Å². The first kappa shape index (κ1) is 27.7. The molecule has 38 heavy (non-hydrogen) atoms. The van der Waals surface area contributed by atoms with Crippen LogP contribution in [0.4, 0.5) is 9.18 Å². The van der Waals surface area contributed by atoms with Gasteiger partial charge >= 0.3 is 6.09 Å². The van der Waals surface area contributed by atoms with Crippen molar-refractivity contribution in [3.63, 3.8) is 0 Å². The Labute approximate surface area is 227 Å². The third kappa shape index (κ3) is 6.03. The Balaban J connectivity index is 1.81. The van der Waals surface area contributed by atoms with Crippen LogP contribution in [0.15, 0.2) is 71.8 Å². The smallest absolute Gasteiger partial charge is 0.410 e. The van der Waals surface area contributed by atoms with Gasteiger partial charge in [-0.25, -0.2) is 21.6 Å². The highest BCUT2D eigenvalue weighted by molar-refractivity contribution is 7.90. The largest absolute Gasteiger partial charge is 0.444 e. The molecule has 0 atom stereocenters. The number of ether oxygens (including phenoxy) is 1. The average Bonchev–Trinajstić information content (AvgIpc) is 3.18. The van der Waals surface area contributed by atoms with E-state index in [0.29, 0.717) is 27.9 Å². The Morgan fingerprint density at radius 3 is 2.45 bits per heavy atom. The summed E-state index contributed by atoms with van der Waals surface area (Å²) in [7, 11) is -2.55. The van der Waals surface area contributed by atoms with E-state index in [1.54, 1.807) is 33.9 Å². The van der Waals surface area contributed by atoms with Crippen molar-refractivity contribution < 1.29 is 22.3 Å². The Morgan fingerprint density at radius 1 is 1.05 bits per heavy atom. The summed E-state index contributed by atoms with van der Waals surface area (Å²) in [6.45, 7) is 7.40. The van der Waals surface area contributed by atoms with Crippen molar-refractivity contribution in [2.45, 2.75) is 51.2 Å². The lowest BCUT2D eigenvalue weighted by Crippen LogP contribution is -2.33. The fourth-order valence-corrected chi connectivity index (χ4v) is 5.88. The number of aromatic nitrogens is 1. The Kier molecular flexibility index (Phi) is 7.59. The van der Waals surface area contributed by atoms with Crippen molar-refractivity contribution in [1.29, 1.82) is 0 Å². The number of nitrogens with zero attached hydrogens (tertiary/aromatic N) is 2. The summed E-state index contributed by atoms with van der Waals surface area (Å²) in [6, 6.07) is 16.2. The number of hydrogen-bond donors (Lipinski definition) is 0. The molecule has 0 radical (unpaired) electrons. The second-order valence-electron chi connectivity index (χ2n) is 10.4. The predicted octanol–water partition coefficient (Wildman–Crippen LogP) is 6.94. The number of hydrogen-bond acceptors (Lipinski definition) is 4. The van der Waals surface area contributed by atoms with Crippen LogP contribution in [-0.2, 0) is 27.7 Å². The Morgan fingerprint density at radius 2 is 1.79 bits per heavy atom. The minimum absolute atomic E-state index is 0.111. The van der Waals surface area contributed by atoms with E-state index in [1.165, 1.54) is 29.3 Å². The molecule has 0 aliphatic rings. The van der Waals surface area contributed by atoms with Gasteiger partial charge in [0, 0.05) is 23.7 Å². The van der Waals surface area contributed by atoms with Crippen LogP contribution in [0.3, 0.4) is 0 Å². The highest BCUT2D eigenvalue weighted by Gasteiger charge is 2.25. The van der Waals surface area contributed by atoms with Crippen molar-refractivity contribution in [3.8, 4) is 0 Å². The van der Waals surface area contributed by atoms with Crippen LogP contribution in [0.2, 0.25) is 5.02 Å². The fraction of sp³-hybridized carbons (Fsp3) is 0.276. The maximum Gasteiger partial charge on any atom is 0.410 e. The van der Waals surface area contributed by atoms with E-state index >= 15 is 0 Å². The van der Waals surface area contributed by atoms with Gasteiger partial charge in [0.1, 0.15) is 11.4 Å². The standard InChI is InChI=1S/C29H30ClFN2O4S/c1-19-9-11-21(26(30)13-19)14-20-10-12-25-22(17-32(5)28(34)37-29(2,3)4)18-33(27(25)15-20)38(35,36)24-8-6-7-23(31)16-24/h6-13,15-16,18H,14,17H2,1-5H3. The van der Waals surface area contributed by atoms with Gasteiger partial charge in [0.2, 0.25) is 0 Å². The Hall–Kier alpha value is -3.36. The predicted molar refractivity (Wildman–Crippen MR) is 148 cm³/mol. The summed E-state index contributed by atoms with van der Waals surface area (Å²) in [5, 5.41) is 1.28. The quantitative estimate of drug-likeness (QED) is 0.258. The summed E-state index contributed by atoms with van der Waals surface area (Å²) in [4.78, 5) is 13.8. The van der Waals surface area contributed by atoms with E-state index in [1.807, 2.05) is 37.3 Å². The Bertz CT molecular complexity index is 1620. The molecule has 0 saturated heterocycles. The van der Waals surface area contributed by atoms with Crippen molar-refractivity contribution >= 4 is 38.6 Å². The lowest BCUT2D eigenvalue weighted by molar-refractivity contribution is 0.0286. The SMILES string of the molecule is Cc1ccc(Cc2ccc3c(CN(C)C(=O)OC(C)(C)C)cn(S(=O)(=O)c4cccc(F)c4)c3c2)c(Cl)c1. The van der Waals surface area contributed by atoms with Gasteiger partial charge in [-0.1, -0.05) is 41.9 Å². The third-order valence-electron chi connectivity index (χ3n) is 5.99. The van der Waals surface area contributed by atoms with Crippen molar-refractivity contribution in [1.82, 2.24) is 8.87 Å². The van der Waals surface area contributed by atoms with Gasteiger partial charge in [0.05, 0.1) is 17.0 Å². The number of aryl methyl sites for hydroxylation is 1. The van der Waals surface area contributed by atoms with E-state index in [0.717, 1.165) is 26.7 Å². The molecule has 0 fully saturated rings. The maximum absolute atomic E-state index is 14.0. The number of amides is 1. The molecule has 4 rings (SSSR count). The van der Waals surface area contributed by atoms with Crippen LogP contribution in [-0.4, -0.2) is 36.0 Å². The number of carbonyl (C=O) groups is 1. The van der Waals surface area contributed by atoms with Gasteiger partial charge in [-0.2, -0.15) is 0 Å². The molecular weight excluding hydrogens is 527 g/mol. The first-order chi connectivity index (χ1) is 17.7. The zero-order valence-corrected chi connectivity index (χ0v) is 23.5. The number of halogens is 2. The van der Waals surface area contributed by atoms with Crippen LogP contribution >= 0.6 is 11.6 Å². The summed E-state index contributed by atoms with van der Waals surface area (Å²) < 4.78 is 47.9. The molecule has 0 saturated carbocycles.